The Morgan fingerprint density at radius 1 is 0.812 bits per heavy atom. The van der Waals surface area contributed by atoms with E-state index in [2.05, 4.69) is 52.8 Å². The van der Waals surface area contributed by atoms with Crippen molar-refractivity contribution in [3.63, 3.8) is 0 Å². The molecule has 14 heteroatoms. The van der Waals surface area contributed by atoms with Crippen LogP contribution in [-0.4, -0.2) is 58.2 Å². The van der Waals surface area contributed by atoms with Gasteiger partial charge in [-0.1, -0.05) is 31.9 Å². The number of carbonyl (C=O) groups excluding carboxylic acids is 2. The van der Waals surface area contributed by atoms with E-state index in [0.29, 0.717) is 24.6 Å². The van der Waals surface area contributed by atoms with Gasteiger partial charge in [-0.2, -0.15) is 0 Å². The van der Waals surface area contributed by atoms with E-state index in [1.165, 1.54) is 22.7 Å². The van der Waals surface area contributed by atoms with E-state index in [9.17, 15) is 9.59 Å². The first-order valence-corrected chi connectivity index (χ1v) is 14.8. The summed E-state index contributed by atoms with van der Waals surface area (Å²) in [5.74, 6) is 0.515. The van der Waals surface area contributed by atoms with Gasteiger partial charge in [0.25, 0.3) is 11.8 Å². The molecule has 2 rings (SSSR count). The van der Waals surface area contributed by atoms with Crippen LogP contribution in [0.3, 0.4) is 0 Å². The summed E-state index contributed by atoms with van der Waals surface area (Å²) in [5, 5.41) is 29.9. The van der Waals surface area contributed by atoms with Gasteiger partial charge in [0.1, 0.15) is 11.4 Å². The molecule has 2 heterocycles. The fourth-order valence-corrected chi connectivity index (χ4v) is 7.07. The van der Waals surface area contributed by atoms with Crippen molar-refractivity contribution < 1.29 is 20.0 Å². The molecule has 8 nitrogen and oxygen atoms in total. The summed E-state index contributed by atoms with van der Waals surface area (Å²) < 4.78 is 1.90. The van der Waals surface area contributed by atoms with Gasteiger partial charge < -0.3 is 21.0 Å². The second-order valence-electron chi connectivity index (χ2n) is 6.01. The highest BCUT2D eigenvalue weighted by atomic mass is 79.9. The number of carbonyl (C=O) groups is 2. The number of oxime groups is 2. The van der Waals surface area contributed by atoms with Gasteiger partial charge in [0.2, 0.25) is 0 Å². The fraction of sp³-hybridized carbons (Fsp3) is 0.333. The molecule has 0 saturated carbocycles. The van der Waals surface area contributed by atoms with Crippen molar-refractivity contribution in [1.82, 2.24) is 10.6 Å². The standard InChI is InChI=1S/C18H20Br2N4O4S4/c19-15-3-1-11(31-15)9-13(23-27)17(25)21-5-7-29-30-8-6-22-18(26)14(24-28)10-12-2-4-16(20)32-12/h1-4,27-28H,5-10H2,(H,21,25)(H,22,26)/b23-13+,24-14+. The molecule has 0 aliphatic heterocycles. The molecule has 32 heavy (non-hydrogen) atoms. The molecule has 0 unspecified atom stereocenters. The van der Waals surface area contributed by atoms with Crippen molar-refractivity contribution in [1.29, 1.82) is 0 Å². The SMILES string of the molecule is O=C(NCCSSCCNC(=O)/C(Cc1ccc(Br)s1)=N/O)/C(Cc1ccc(Br)s1)=N/O. The predicted molar refractivity (Wildman–Crippen MR) is 141 cm³/mol. The molecule has 2 amide bonds. The van der Waals surface area contributed by atoms with Gasteiger partial charge in [0, 0.05) is 47.2 Å². The number of thiophene rings is 2. The number of hydrogen-bond donors (Lipinski definition) is 4. The molecule has 2 aromatic rings. The van der Waals surface area contributed by atoms with Gasteiger partial charge in [-0.15, -0.1) is 22.7 Å². The molecule has 0 spiro atoms. The van der Waals surface area contributed by atoms with E-state index in [-0.39, 0.29) is 24.3 Å². The van der Waals surface area contributed by atoms with Crippen molar-refractivity contribution in [3.8, 4) is 0 Å². The summed E-state index contributed by atoms with van der Waals surface area (Å²) in [6.07, 6.45) is 0.534. The van der Waals surface area contributed by atoms with E-state index in [4.69, 9.17) is 10.4 Å². The van der Waals surface area contributed by atoms with E-state index < -0.39 is 11.8 Å². The van der Waals surface area contributed by atoms with Crippen LogP contribution in [0.15, 0.2) is 42.1 Å². The lowest BCUT2D eigenvalue weighted by Gasteiger charge is -2.07. The van der Waals surface area contributed by atoms with Gasteiger partial charge in [-0.05, 0) is 56.1 Å². The number of rotatable bonds is 13. The summed E-state index contributed by atoms with van der Waals surface area (Å²) in [6, 6.07) is 7.50. The Labute approximate surface area is 218 Å². The zero-order chi connectivity index (χ0) is 23.3. The van der Waals surface area contributed by atoms with E-state index >= 15 is 0 Å². The van der Waals surface area contributed by atoms with Crippen LogP contribution in [0.25, 0.3) is 0 Å². The number of halogens is 2. The molecule has 2 aromatic heterocycles. The lowest BCUT2D eigenvalue weighted by molar-refractivity contribution is -0.115. The molecule has 0 saturated heterocycles. The molecule has 4 N–H and O–H groups in total. The molecule has 0 aromatic carbocycles. The second kappa shape index (κ2) is 15.0. The molecule has 0 radical (unpaired) electrons. The molecule has 0 fully saturated rings. The highest BCUT2D eigenvalue weighted by Crippen LogP contribution is 2.23. The molecule has 0 aliphatic rings. The Balaban J connectivity index is 1.55. The van der Waals surface area contributed by atoms with Crippen LogP contribution < -0.4 is 10.6 Å². The van der Waals surface area contributed by atoms with Crippen LogP contribution >= 0.6 is 76.1 Å². The van der Waals surface area contributed by atoms with Crippen LogP contribution in [0.4, 0.5) is 0 Å². The van der Waals surface area contributed by atoms with Crippen LogP contribution in [0.5, 0.6) is 0 Å². The fourth-order valence-electron chi connectivity index (χ4n) is 2.28. The van der Waals surface area contributed by atoms with Gasteiger partial charge in [-0.25, -0.2) is 0 Å². The van der Waals surface area contributed by atoms with Crippen molar-refractivity contribution in [3.05, 3.63) is 41.6 Å². The average molecular weight is 644 g/mol. The summed E-state index contributed by atoms with van der Waals surface area (Å²) in [7, 11) is 3.11. The number of amides is 2. The summed E-state index contributed by atoms with van der Waals surface area (Å²) >= 11 is 9.68. The van der Waals surface area contributed by atoms with Crippen molar-refractivity contribution >= 4 is 99.4 Å². The first-order chi connectivity index (χ1) is 15.4. The molecular weight excluding hydrogens is 624 g/mol. The van der Waals surface area contributed by atoms with Gasteiger partial charge in [0.05, 0.1) is 7.57 Å². The smallest absolute Gasteiger partial charge is 0.269 e. The molecule has 0 aliphatic carbocycles. The van der Waals surface area contributed by atoms with E-state index in [0.717, 1.165) is 17.3 Å². The monoisotopic (exact) mass is 642 g/mol. The zero-order valence-corrected chi connectivity index (χ0v) is 23.0. The normalized spacial score (nSPS) is 12.1. The average Bonchev–Trinajstić information content (AvgIpc) is 3.38. The van der Waals surface area contributed by atoms with Gasteiger partial charge in [-0.3, -0.25) is 9.59 Å². The maximum Gasteiger partial charge on any atom is 0.269 e. The Morgan fingerprint density at radius 2 is 1.22 bits per heavy atom. The van der Waals surface area contributed by atoms with Crippen molar-refractivity contribution in [2.24, 2.45) is 10.3 Å². The Kier molecular flexibility index (Phi) is 12.7. The molecule has 0 atom stereocenters. The van der Waals surface area contributed by atoms with Gasteiger partial charge in [0.15, 0.2) is 0 Å². The Hall–Kier alpha value is -1.06. The van der Waals surface area contributed by atoms with Crippen molar-refractivity contribution in [2.45, 2.75) is 12.8 Å². The summed E-state index contributed by atoms with van der Waals surface area (Å²) in [6.45, 7) is 0.849. The maximum atomic E-state index is 12.1. The minimum absolute atomic E-state index is 0.0657. The van der Waals surface area contributed by atoms with Crippen LogP contribution in [-0.2, 0) is 22.4 Å². The highest BCUT2D eigenvalue weighted by Gasteiger charge is 2.15. The van der Waals surface area contributed by atoms with Crippen molar-refractivity contribution in [2.75, 3.05) is 24.6 Å². The third kappa shape index (κ3) is 9.83. The first-order valence-electron chi connectivity index (χ1n) is 9.14. The Bertz CT molecular complexity index is 888. The van der Waals surface area contributed by atoms with Crippen LogP contribution in [0.1, 0.15) is 9.75 Å². The quantitative estimate of drug-likeness (QED) is 0.0844. The minimum Gasteiger partial charge on any atom is -0.410 e. The van der Waals surface area contributed by atoms with E-state index in [1.54, 1.807) is 21.6 Å². The first kappa shape index (κ1) is 27.2. The Morgan fingerprint density at radius 3 is 1.53 bits per heavy atom. The number of hydrogen-bond acceptors (Lipinski definition) is 10. The second-order valence-corrected chi connectivity index (χ2v) is 13.8. The third-order valence-electron chi connectivity index (χ3n) is 3.73. The van der Waals surface area contributed by atoms with Gasteiger partial charge >= 0.3 is 0 Å². The largest absolute Gasteiger partial charge is 0.410 e. The minimum atomic E-state index is -0.400. The predicted octanol–water partition coefficient (Wildman–Crippen LogP) is 4.39. The summed E-state index contributed by atoms with van der Waals surface area (Å²) in [4.78, 5) is 26.1. The number of nitrogens with one attached hydrogen (secondary N) is 2. The molecule has 174 valence electrons. The summed E-state index contributed by atoms with van der Waals surface area (Å²) in [5.41, 5.74) is 0.131. The number of nitrogens with zero attached hydrogens (tertiary/aromatic N) is 2. The maximum absolute atomic E-state index is 12.1. The molecule has 0 bridgehead atoms. The zero-order valence-electron chi connectivity index (χ0n) is 16.5. The lowest BCUT2D eigenvalue weighted by atomic mass is 10.2. The van der Waals surface area contributed by atoms with Crippen LogP contribution in [0, 0.1) is 0 Å². The third-order valence-corrected chi connectivity index (χ3v) is 9.39. The van der Waals surface area contributed by atoms with Crippen LogP contribution in [0.2, 0.25) is 0 Å². The topological polar surface area (TPSA) is 123 Å². The van der Waals surface area contributed by atoms with E-state index in [1.807, 2.05) is 24.3 Å². The lowest BCUT2D eigenvalue weighted by Crippen LogP contribution is -2.34. The molecular formula is C18H20Br2N4O4S4. The highest BCUT2D eigenvalue weighted by molar-refractivity contribution is 9.11.